The predicted molar refractivity (Wildman–Crippen MR) is 208 cm³/mol. The number of hydrogen-bond acceptors (Lipinski definition) is 19. The first kappa shape index (κ1) is 54.7. The maximum Gasteiger partial charge on any atom is 0.254 e. The van der Waals surface area contributed by atoms with Gasteiger partial charge in [-0.25, -0.2) is 0 Å². The van der Waals surface area contributed by atoms with E-state index in [0.29, 0.717) is 192 Å². The molecule has 1 rings (SSSR count). The number of rotatable bonds is 49. The summed E-state index contributed by atoms with van der Waals surface area (Å²) in [6.07, 6.45) is 2.27. The zero-order valence-electron chi connectivity index (χ0n) is 34.7. The van der Waals surface area contributed by atoms with Crippen LogP contribution in [0, 0.1) is 0 Å². The van der Waals surface area contributed by atoms with Crippen LogP contribution < -0.4 is 5.32 Å². The fourth-order valence-corrected chi connectivity index (χ4v) is 4.29. The van der Waals surface area contributed by atoms with Crippen molar-refractivity contribution < 1.29 is 90.5 Å². The molecule has 0 saturated heterocycles. The van der Waals surface area contributed by atoms with Crippen LogP contribution in [-0.2, 0) is 85.4 Å². The number of aliphatic hydroxyl groups excluding tert-OH is 1. The average Bonchev–Trinajstić information content (AvgIpc) is 3.55. The van der Waals surface area contributed by atoms with Gasteiger partial charge < -0.3 is 81.5 Å². The van der Waals surface area contributed by atoms with Gasteiger partial charge in [0.15, 0.2) is 0 Å². The second-order valence-corrected chi connectivity index (χ2v) is 11.9. The number of hydrogen-bond donors (Lipinski definition) is 2. The lowest BCUT2D eigenvalue weighted by atomic mass is 10.4. The minimum absolute atomic E-state index is 0.0165. The summed E-state index contributed by atoms with van der Waals surface area (Å²) in [7, 11) is 0. The Morgan fingerprint density at radius 2 is 0.576 bits per heavy atom. The van der Waals surface area contributed by atoms with Gasteiger partial charge in [-0.2, -0.15) is 0 Å². The molecule has 0 spiro atoms. The highest BCUT2D eigenvalue weighted by atomic mass is 16.6. The van der Waals surface area contributed by atoms with Gasteiger partial charge in [-0.05, 0) is 0 Å². The zero-order chi connectivity index (χ0) is 42.4. The summed E-state index contributed by atoms with van der Waals surface area (Å²) in [6.45, 7) is 13.6. The molecule has 0 fully saturated rings. The molecule has 1 heterocycles. The lowest BCUT2D eigenvalue weighted by Crippen LogP contribution is -2.41. The number of ether oxygens (including phenoxy) is 15. The molecule has 0 unspecified atom stereocenters. The van der Waals surface area contributed by atoms with Crippen molar-refractivity contribution in [1.82, 2.24) is 10.2 Å². The molecule has 0 aliphatic carbocycles. The van der Waals surface area contributed by atoms with E-state index in [1.165, 1.54) is 0 Å². The average molecular weight is 859 g/mol. The summed E-state index contributed by atoms with van der Waals surface area (Å²) in [5.74, 6) is -1.42. The monoisotopic (exact) mass is 858 g/mol. The molecule has 21 nitrogen and oxygen atoms in total. The molecule has 0 aromatic rings. The summed E-state index contributed by atoms with van der Waals surface area (Å²) in [5, 5.41) is 11.2. The van der Waals surface area contributed by atoms with Crippen molar-refractivity contribution in [2.45, 2.75) is 0 Å². The number of amides is 3. The van der Waals surface area contributed by atoms with E-state index >= 15 is 0 Å². The van der Waals surface area contributed by atoms with Gasteiger partial charge in [0, 0.05) is 18.7 Å². The number of nitrogens with one attached hydrogen (secondary N) is 1. The highest BCUT2D eigenvalue weighted by molar-refractivity contribution is 6.14. The Balaban J connectivity index is 1.62. The van der Waals surface area contributed by atoms with E-state index in [9.17, 15) is 14.4 Å². The van der Waals surface area contributed by atoms with Crippen LogP contribution in [0.4, 0.5) is 0 Å². The minimum Gasteiger partial charge on any atom is -0.394 e. The lowest BCUT2D eigenvalue weighted by molar-refractivity contribution is -0.141. The van der Waals surface area contributed by atoms with Crippen molar-refractivity contribution >= 4 is 17.7 Å². The Labute approximate surface area is 348 Å². The van der Waals surface area contributed by atoms with Gasteiger partial charge in [0.1, 0.15) is 6.54 Å². The summed E-state index contributed by atoms with van der Waals surface area (Å²) in [5.41, 5.74) is 0. The first-order valence-electron chi connectivity index (χ1n) is 20.2. The third kappa shape index (κ3) is 39.6. The normalized spacial score (nSPS) is 12.7. The van der Waals surface area contributed by atoms with Crippen LogP contribution >= 0.6 is 0 Å². The standard InChI is InChI=1S/C38H70N2O19/c41-4-6-46-8-10-48-12-14-50-16-18-52-20-22-54-24-26-56-28-30-58-32-34-59-33-31-57-29-27-55-25-23-53-21-19-51-17-15-49-13-11-47-9-7-45-5-3-39-36(42)35-40-37(43)1-2-38(40)44/h1-2,41H,3-35H2,(H,39,42). The molecule has 1 aliphatic heterocycles. The van der Waals surface area contributed by atoms with Crippen molar-refractivity contribution in [3.8, 4) is 0 Å². The molecule has 21 heteroatoms. The molecule has 346 valence electrons. The van der Waals surface area contributed by atoms with Crippen molar-refractivity contribution in [3.05, 3.63) is 12.2 Å². The molecule has 0 bridgehead atoms. The third-order valence-corrected chi connectivity index (χ3v) is 7.21. The van der Waals surface area contributed by atoms with Crippen LogP contribution in [0.15, 0.2) is 12.2 Å². The van der Waals surface area contributed by atoms with Crippen molar-refractivity contribution in [3.63, 3.8) is 0 Å². The maximum atomic E-state index is 11.8. The van der Waals surface area contributed by atoms with E-state index in [4.69, 9.17) is 76.2 Å². The highest BCUT2D eigenvalue weighted by Crippen LogP contribution is 2.02. The van der Waals surface area contributed by atoms with Crippen LogP contribution in [-0.4, -0.2) is 246 Å². The SMILES string of the molecule is O=C(CN1C(=O)C=CC1=O)NCCOCCOCCOCCOCCOCCOCCOCCOCCOCCOCCOCCOCCOCCOCCOCCO. The van der Waals surface area contributed by atoms with E-state index in [1.54, 1.807) is 0 Å². The molecule has 0 aromatic heterocycles. The molecule has 0 atom stereocenters. The van der Waals surface area contributed by atoms with E-state index in [2.05, 4.69) is 5.32 Å². The second kappa shape index (κ2) is 45.2. The number of nitrogens with zero attached hydrogens (tertiary/aromatic N) is 1. The Hall–Kier alpha value is -2.29. The van der Waals surface area contributed by atoms with Crippen LogP contribution in [0.2, 0.25) is 0 Å². The summed E-state index contributed by atoms with van der Waals surface area (Å²) >= 11 is 0. The van der Waals surface area contributed by atoms with Gasteiger partial charge in [0.05, 0.1) is 205 Å². The van der Waals surface area contributed by atoms with Gasteiger partial charge in [0.25, 0.3) is 11.8 Å². The fourth-order valence-electron chi connectivity index (χ4n) is 4.29. The van der Waals surface area contributed by atoms with E-state index < -0.39 is 17.7 Å². The summed E-state index contributed by atoms with van der Waals surface area (Å²) in [6, 6.07) is 0. The maximum absolute atomic E-state index is 11.8. The zero-order valence-corrected chi connectivity index (χ0v) is 34.7. The van der Waals surface area contributed by atoms with Gasteiger partial charge in [-0.1, -0.05) is 0 Å². The summed E-state index contributed by atoms with van der Waals surface area (Å²) in [4.78, 5) is 35.5. The Bertz CT molecular complexity index is 965. The molecule has 0 aromatic carbocycles. The van der Waals surface area contributed by atoms with Gasteiger partial charge in [-0.3, -0.25) is 19.3 Å². The van der Waals surface area contributed by atoms with Crippen molar-refractivity contribution in [1.29, 1.82) is 0 Å². The first-order valence-corrected chi connectivity index (χ1v) is 20.2. The fraction of sp³-hybridized carbons (Fsp3) is 0.868. The smallest absolute Gasteiger partial charge is 0.254 e. The Kier molecular flexibility index (Phi) is 42.0. The van der Waals surface area contributed by atoms with Crippen molar-refractivity contribution in [2.24, 2.45) is 0 Å². The topological polar surface area (TPSA) is 225 Å². The van der Waals surface area contributed by atoms with Crippen LogP contribution in [0.3, 0.4) is 0 Å². The highest BCUT2D eigenvalue weighted by Gasteiger charge is 2.25. The predicted octanol–water partition coefficient (Wildman–Crippen LogP) is -1.73. The first-order chi connectivity index (χ1) is 29.1. The molecule has 3 amide bonds. The van der Waals surface area contributed by atoms with Crippen LogP contribution in [0.25, 0.3) is 0 Å². The largest absolute Gasteiger partial charge is 0.394 e. The molecular formula is C38H70N2O19. The molecule has 0 saturated carbocycles. The van der Waals surface area contributed by atoms with Crippen molar-refractivity contribution in [2.75, 3.05) is 218 Å². The Morgan fingerprint density at radius 3 is 0.797 bits per heavy atom. The number of imide groups is 1. The molecule has 2 N–H and O–H groups in total. The van der Waals surface area contributed by atoms with Gasteiger partial charge >= 0.3 is 0 Å². The van der Waals surface area contributed by atoms with Crippen LogP contribution in [0.5, 0.6) is 0 Å². The van der Waals surface area contributed by atoms with Gasteiger partial charge in [-0.15, -0.1) is 0 Å². The minimum atomic E-state index is -0.494. The number of aliphatic hydroxyl groups is 1. The summed E-state index contributed by atoms with van der Waals surface area (Å²) < 4.78 is 81.3. The quantitative estimate of drug-likeness (QED) is 0.0512. The molecule has 1 aliphatic rings. The van der Waals surface area contributed by atoms with E-state index in [-0.39, 0.29) is 26.3 Å². The lowest BCUT2D eigenvalue weighted by Gasteiger charge is -2.13. The number of carbonyl (C=O) groups is 3. The van der Waals surface area contributed by atoms with Crippen LogP contribution in [0.1, 0.15) is 0 Å². The second-order valence-electron chi connectivity index (χ2n) is 11.9. The van der Waals surface area contributed by atoms with Gasteiger partial charge in [0.2, 0.25) is 5.91 Å². The van der Waals surface area contributed by atoms with E-state index in [1.807, 2.05) is 0 Å². The third-order valence-electron chi connectivity index (χ3n) is 7.21. The molecule has 0 radical (unpaired) electrons. The molecule has 59 heavy (non-hydrogen) atoms. The molecular weight excluding hydrogens is 788 g/mol. The Morgan fingerprint density at radius 1 is 0.373 bits per heavy atom. The van der Waals surface area contributed by atoms with E-state index in [0.717, 1.165) is 17.1 Å². The number of carbonyl (C=O) groups excluding carboxylic acids is 3.